The SMILES string of the molecule is CCOC(=O)Cc1ccc(OCc2ccccc2)c(Oc2ccc(C(F)(F)F)cc2CN2C(=O)O[C@@H](c3ccccc3)[C@H]2CC)c1. The fourth-order valence-corrected chi connectivity index (χ4v) is 5.36. The number of cyclic esters (lactones) is 1. The minimum absolute atomic E-state index is 0.0400. The third-order valence-electron chi connectivity index (χ3n) is 7.61. The first-order valence-corrected chi connectivity index (χ1v) is 15.0. The molecule has 0 radical (unpaired) electrons. The molecule has 1 aliphatic heterocycles. The van der Waals surface area contributed by atoms with E-state index in [0.29, 0.717) is 17.7 Å². The highest BCUT2D eigenvalue weighted by Gasteiger charge is 2.42. The number of nitrogens with zero attached hydrogens (tertiary/aromatic N) is 1. The van der Waals surface area contributed by atoms with Crippen LogP contribution in [0.2, 0.25) is 0 Å². The van der Waals surface area contributed by atoms with E-state index in [-0.39, 0.29) is 43.2 Å². The second kappa shape index (κ2) is 14.4. The summed E-state index contributed by atoms with van der Waals surface area (Å²) in [5, 5.41) is 0. The molecule has 0 spiro atoms. The lowest BCUT2D eigenvalue weighted by atomic mass is 9.99. The number of ether oxygens (including phenoxy) is 4. The Bertz CT molecular complexity index is 1650. The lowest BCUT2D eigenvalue weighted by Crippen LogP contribution is -2.33. The van der Waals surface area contributed by atoms with Crippen LogP contribution in [0.5, 0.6) is 17.2 Å². The Balaban J connectivity index is 1.49. The predicted octanol–water partition coefficient (Wildman–Crippen LogP) is 8.65. The monoisotopic (exact) mass is 633 g/mol. The van der Waals surface area contributed by atoms with Crippen molar-refractivity contribution in [2.24, 2.45) is 0 Å². The first-order chi connectivity index (χ1) is 22.2. The predicted molar refractivity (Wildman–Crippen MR) is 164 cm³/mol. The molecule has 5 rings (SSSR count). The van der Waals surface area contributed by atoms with E-state index in [1.165, 1.54) is 11.0 Å². The van der Waals surface area contributed by atoms with Crippen LogP contribution in [0.15, 0.2) is 97.1 Å². The topological polar surface area (TPSA) is 74.3 Å². The maximum absolute atomic E-state index is 13.9. The fourth-order valence-electron chi connectivity index (χ4n) is 5.36. The van der Waals surface area contributed by atoms with E-state index in [4.69, 9.17) is 18.9 Å². The summed E-state index contributed by atoms with van der Waals surface area (Å²) in [7, 11) is 0. The van der Waals surface area contributed by atoms with Gasteiger partial charge in [-0.3, -0.25) is 9.69 Å². The maximum Gasteiger partial charge on any atom is 0.416 e. The van der Waals surface area contributed by atoms with Crippen LogP contribution in [0.25, 0.3) is 0 Å². The molecule has 1 aliphatic rings. The lowest BCUT2D eigenvalue weighted by Gasteiger charge is -2.25. The normalized spacial score (nSPS) is 16.2. The number of benzene rings is 4. The average molecular weight is 634 g/mol. The standard InChI is InChI=1S/C36H34F3NO6/c1-3-29-34(26-13-9-6-10-14-26)46-35(42)40(29)22-27-21-28(36(37,38)39)16-18-30(27)45-32-19-25(20-33(41)43-4-2)15-17-31(32)44-23-24-11-7-5-8-12-24/h5-19,21,29,34H,3-4,20,22-23H2,1-2H3/t29-,34+/m1/s1. The molecule has 1 saturated heterocycles. The van der Waals surface area contributed by atoms with Gasteiger partial charge >= 0.3 is 18.2 Å². The van der Waals surface area contributed by atoms with Gasteiger partial charge in [0.15, 0.2) is 11.5 Å². The van der Waals surface area contributed by atoms with Gasteiger partial charge in [0.25, 0.3) is 0 Å². The van der Waals surface area contributed by atoms with Crippen LogP contribution in [0.1, 0.15) is 54.2 Å². The van der Waals surface area contributed by atoms with Crippen LogP contribution in [-0.2, 0) is 40.0 Å². The molecule has 0 N–H and O–H groups in total. The van der Waals surface area contributed by atoms with Gasteiger partial charge in [-0.2, -0.15) is 13.2 Å². The molecule has 0 aromatic heterocycles. The number of carbonyl (C=O) groups excluding carboxylic acids is 2. The van der Waals surface area contributed by atoms with Gasteiger partial charge in [-0.05, 0) is 60.4 Å². The fraction of sp³-hybridized carbons (Fsp3) is 0.278. The smallest absolute Gasteiger partial charge is 0.416 e. The van der Waals surface area contributed by atoms with Gasteiger partial charge in [-0.25, -0.2) is 4.79 Å². The van der Waals surface area contributed by atoms with Gasteiger partial charge in [-0.1, -0.05) is 73.7 Å². The summed E-state index contributed by atoms with van der Waals surface area (Å²) in [5.74, 6) is 0.166. The van der Waals surface area contributed by atoms with Crippen molar-refractivity contribution >= 4 is 12.1 Å². The Morgan fingerprint density at radius 1 is 0.848 bits per heavy atom. The maximum atomic E-state index is 13.9. The summed E-state index contributed by atoms with van der Waals surface area (Å²) in [6.45, 7) is 3.83. The summed E-state index contributed by atoms with van der Waals surface area (Å²) in [5.41, 5.74) is 1.50. The molecule has 0 bridgehead atoms. The molecule has 1 amide bonds. The summed E-state index contributed by atoms with van der Waals surface area (Å²) in [6.07, 6.45) is -5.37. The number of hydrogen-bond donors (Lipinski definition) is 0. The van der Waals surface area contributed by atoms with Crippen LogP contribution in [-0.4, -0.2) is 29.6 Å². The minimum atomic E-state index is -4.63. The molecule has 46 heavy (non-hydrogen) atoms. The highest BCUT2D eigenvalue weighted by molar-refractivity contribution is 5.73. The number of alkyl halides is 3. The first-order valence-electron chi connectivity index (χ1n) is 15.0. The van der Waals surface area contributed by atoms with Crippen LogP contribution in [0.4, 0.5) is 18.0 Å². The van der Waals surface area contributed by atoms with Gasteiger partial charge in [0.1, 0.15) is 18.5 Å². The summed E-state index contributed by atoms with van der Waals surface area (Å²) in [6, 6.07) is 26.3. The largest absolute Gasteiger partial charge is 0.485 e. The van der Waals surface area contributed by atoms with Crippen molar-refractivity contribution in [2.45, 2.75) is 58.2 Å². The number of hydrogen-bond acceptors (Lipinski definition) is 6. The van der Waals surface area contributed by atoms with Gasteiger partial charge in [-0.15, -0.1) is 0 Å². The highest BCUT2D eigenvalue weighted by Crippen LogP contribution is 2.41. The van der Waals surface area contributed by atoms with Crippen LogP contribution in [0.3, 0.4) is 0 Å². The van der Waals surface area contributed by atoms with Crippen molar-refractivity contribution in [3.63, 3.8) is 0 Å². The molecular weight excluding hydrogens is 599 g/mol. The molecule has 1 fully saturated rings. The van der Waals surface area contributed by atoms with Crippen LogP contribution >= 0.6 is 0 Å². The van der Waals surface area contributed by atoms with Crippen molar-refractivity contribution in [1.82, 2.24) is 4.90 Å². The average Bonchev–Trinajstić information content (AvgIpc) is 3.36. The Morgan fingerprint density at radius 3 is 2.22 bits per heavy atom. The van der Waals surface area contributed by atoms with E-state index in [1.807, 2.05) is 67.6 Å². The Morgan fingerprint density at radius 2 is 1.54 bits per heavy atom. The highest BCUT2D eigenvalue weighted by atomic mass is 19.4. The number of carbonyl (C=O) groups is 2. The Hall–Kier alpha value is -4.99. The molecule has 4 aromatic carbocycles. The zero-order valence-corrected chi connectivity index (χ0v) is 25.5. The van der Waals surface area contributed by atoms with Gasteiger partial charge in [0, 0.05) is 5.56 Å². The first kappa shape index (κ1) is 32.4. The Kier molecular flexibility index (Phi) is 10.1. The van der Waals surface area contributed by atoms with Gasteiger partial charge in [0.2, 0.25) is 0 Å². The van der Waals surface area contributed by atoms with Crippen molar-refractivity contribution in [3.05, 3.63) is 125 Å². The van der Waals surface area contributed by atoms with E-state index in [2.05, 4.69) is 0 Å². The molecule has 1 heterocycles. The zero-order valence-electron chi connectivity index (χ0n) is 25.5. The number of halogens is 3. The molecule has 0 aliphatic carbocycles. The summed E-state index contributed by atoms with van der Waals surface area (Å²) in [4.78, 5) is 26.8. The Labute approximate surface area is 265 Å². The van der Waals surface area contributed by atoms with Gasteiger partial charge in [0.05, 0.1) is 31.2 Å². The summed E-state index contributed by atoms with van der Waals surface area (Å²) >= 11 is 0. The third kappa shape index (κ3) is 7.80. The molecule has 4 aromatic rings. The van der Waals surface area contributed by atoms with E-state index in [9.17, 15) is 22.8 Å². The number of amides is 1. The van der Waals surface area contributed by atoms with E-state index in [0.717, 1.165) is 23.3 Å². The van der Waals surface area contributed by atoms with E-state index >= 15 is 0 Å². The number of rotatable bonds is 12. The molecule has 0 saturated carbocycles. The van der Waals surface area contributed by atoms with Crippen LogP contribution in [0, 0.1) is 0 Å². The zero-order chi connectivity index (χ0) is 32.7. The second-order valence-electron chi connectivity index (χ2n) is 10.8. The van der Waals surface area contributed by atoms with Crippen molar-refractivity contribution in [3.8, 4) is 17.2 Å². The van der Waals surface area contributed by atoms with Gasteiger partial charge < -0.3 is 18.9 Å². The molecule has 10 heteroatoms. The van der Waals surface area contributed by atoms with E-state index in [1.54, 1.807) is 25.1 Å². The van der Waals surface area contributed by atoms with E-state index < -0.39 is 35.9 Å². The van der Waals surface area contributed by atoms with Crippen molar-refractivity contribution in [2.75, 3.05) is 6.61 Å². The third-order valence-corrected chi connectivity index (χ3v) is 7.61. The molecule has 2 atom stereocenters. The van der Waals surface area contributed by atoms with Crippen molar-refractivity contribution in [1.29, 1.82) is 0 Å². The van der Waals surface area contributed by atoms with Crippen molar-refractivity contribution < 1.29 is 41.7 Å². The summed E-state index contributed by atoms with van der Waals surface area (Å²) < 4.78 is 64.8. The van der Waals surface area contributed by atoms with Crippen LogP contribution < -0.4 is 9.47 Å². The molecule has 240 valence electrons. The second-order valence-corrected chi connectivity index (χ2v) is 10.8. The molecule has 7 nitrogen and oxygen atoms in total. The lowest BCUT2D eigenvalue weighted by molar-refractivity contribution is -0.142. The quantitative estimate of drug-likeness (QED) is 0.145. The molecular formula is C36H34F3NO6. The number of esters is 1. The molecule has 0 unspecified atom stereocenters. The minimum Gasteiger partial charge on any atom is -0.485 e.